The van der Waals surface area contributed by atoms with Crippen molar-refractivity contribution in [1.82, 2.24) is 15.5 Å². The van der Waals surface area contributed by atoms with Crippen LogP contribution in [0.25, 0.3) is 10.8 Å². The average Bonchev–Trinajstić information content (AvgIpc) is 3.07. The van der Waals surface area contributed by atoms with Gasteiger partial charge in [-0.2, -0.15) is 0 Å². The van der Waals surface area contributed by atoms with Gasteiger partial charge in [-0.25, -0.2) is 0 Å². The average molecular weight is 358 g/mol. The molecule has 0 aliphatic rings. The van der Waals surface area contributed by atoms with Crippen molar-refractivity contribution in [2.75, 3.05) is 18.1 Å². The van der Waals surface area contributed by atoms with Gasteiger partial charge < -0.3 is 10.6 Å². The predicted octanol–water partition coefficient (Wildman–Crippen LogP) is 3.70. The van der Waals surface area contributed by atoms with E-state index in [-0.39, 0.29) is 11.9 Å². The fourth-order valence-corrected chi connectivity index (χ4v) is 4.00. The normalized spacial score (nSPS) is 12.1. The molecule has 124 valence electrons. The fraction of sp³-hybridized carbons (Fsp3) is 0.235. The summed E-state index contributed by atoms with van der Waals surface area (Å²) in [5.41, 5.74) is 1.12. The third kappa shape index (κ3) is 3.85. The zero-order chi connectivity index (χ0) is 16.9. The van der Waals surface area contributed by atoms with E-state index in [9.17, 15) is 4.79 Å². The number of fused-ring (bicyclic) bond motifs is 1. The van der Waals surface area contributed by atoms with Gasteiger partial charge in [0.05, 0.1) is 11.8 Å². The highest BCUT2D eigenvalue weighted by Gasteiger charge is 2.13. The van der Waals surface area contributed by atoms with Gasteiger partial charge in [0.2, 0.25) is 11.0 Å². The third-order valence-electron chi connectivity index (χ3n) is 3.61. The van der Waals surface area contributed by atoms with Crippen LogP contribution in [0, 0.1) is 0 Å². The Bertz CT molecular complexity index is 844. The van der Waals surface area contributed by atoms with Gasteiger partial charge >= 0.3 is 0 Å². The van der Waals surface area contributed by atoms with Crippen molar-refractivity contribution >= 4 is 44.9 Å². The minimum Gasteiger partial charge on any atom is -0.363 e. The second-order valence-corrected chi connectivity index (χ2v) is 7.47. The van der Waals surface area contributed by atoms with Gasteiger partial charge in [-0.1, -0.05) is 65.6 Å². The minimum absolute atomic E-state index is 0.0124. The molecule has 2 aromatic carbocycles. The summed E-state index contributed by atoms with van der Waals surface area (Å²) < 4.78 is 0.785. The molecular formula is C17H18N4OS2. The number of nitrogens with zero attached hydrogens (tertiary/aromatic N) is 2. The van der Waals surface area contributed by atoms with Crippen LogP contribution in [0.5, 0.6) is 0 Å². The summed E-state index contributed by atoms with van der Waals surface area (Å²) >= 11 is 2.84. The van der Waals surface area contributed by atoms with E-state index in [1.807, 2.05) is 25.1 Å². The Morgan fingerprint density at radius 2 is 2.00 bits per heavy atom. The summed E-state index contributed by atoms with van der Waals surface area (Å²) in [7, 11) is 1.80. The van der Waals surface area contributed by atoms with E-state index >= 15 is 0 Å². The first-order valence-electron chi connectivity index (χ1n) is 7.58. The van der Waals surface area contributed by atoms with Crippen LogP contribution in [0.2, 0.25) is 0 Å². The van der Waals surface area contributed by atoms with Crippen LogP contribution in [-0.2, 0) is 4.79 Å². The number of hydrogen-bond acceptors (Lipinski definition) is 6. The van der Waals surface area contributed by atoms with Crippen molar-refractivity contribution in [3.63, 3.8) is 0 Å². The van der Waals surface area contributed by atoms with Crippen LogP contribution in [0.1, 0.15) is 18.5 Å². The number of thioether (sulfide) groups is 1. The highest BCUT2D eigenvalue weighted by molar-refractivity contribution is 8.01. The van der Waals surface area contributed by atoms with Crippen LogP contribution in [0.3, 0.4) is 0 Å². The number of hydrogen-bond donors (Lipinski definition) is 2. The lowest BCUT2D eigenvalue weighted by Gasteiger charge is -2.16. The number of carbonyl (C=O) groups is 1. The van der Waals surface area contributed by atoms with E-state index in [2.05, 4.69) is 45.1 Å². The molecule has 1 aromatic heterocycles. The summed E-state index contributed by atoms with van der Waals surface area (Å²) in [5.74, 6) is 0.314. The predicted molar refractivity (Wildman–Crippen MR) is 101 cm³/mol. The Balaban J connectivity index is 1.63. The quantitative estimate of drug-likeness (QED) is 0.658. The van der Waals surface area contributed by atoms with Gasteiger partial charge in [0, 0.05) is 7.05 Å². The third-order valence-corrected chi connectivity index (χ3v) is 5.69. The van der Waals surface area contributed by atoms with E-state index in [1.165, 1.54) is 33.9 Å². The lowest BCUT2D eigenvalue weighted by atomic mass is 10.00. The van der Waals surface area contributed by atoms with Gasteiger partial charge in [0.1, 0.15) is 0 Å². The van der Waals surface area contributed by atoms with Gasteiger partial charge in [-0.15, -0.1) is 10.2 Å². The highest BCUT2D eigenvalue weighted by Crippen LogP contribution is 2.26. The van der Waals surface area contributed by atoms with Crippen LogP contribution >= 0.6 is 23.1 Å². The molecule has 24 heavy (non-hydrogen) atoms. The molecule has 7 heteroatoms. The smallest absolute Gasteiger partial charge is 0.230 e. The maximum atomic E-state index is 12.2. The maximum absolute atomic E-state index is 12.2. The number of rotatable bonds is 6. The molecule has 3 aromatic rings. The molecule has 0 aliphatic carbocycles. The van der Waals surface area contributed by atoms with Crippen molar-refractivity contribution in [2.24, 2.45) is 0 Å². The molecule has 0 saturated carbocycles. The van der Waals surface area contributed by atoms with Crippen LogP contribution in [0.15, 0.2) is 46.8 Å². The van der Waals surface area contributed by atoms with E-state index < -0.39 is 0 Å². The molecule has 3 rings (SSSR count). The number of nitrogens with one attached hydrogen (secondary N) is 2. The number of benzene rings is 2. The minimum atomic E-state index is -0.0495. The molecule has 0 aliphatic heterocycles. The van der Waals surface area contributed by atoms with E-state index in [1.54, 1.807) is 7.05 Å². The lowest BCUT2D eigenvalue weighted by Crippen LogP contribution is -2.28. The zero-order valence-electron chi connectivity index (χ0n) is 13.4. The lowest BCUT2D eigenvalue weighted by molar-refractivity contribution is -0.119. The molecule has 0 bridgehead atoms. The van der Waals surface area contributed by atoms with E-state index in [4.69, 9.17) is 0 Å². The Morgan fingerprint density at radius 3 is 2.79 bits per heavy atom. The molecule has 2 N–H and O–H groups in total. The first-order valence-corrected chi connectivity index (χ1v) is 9.38. The Kier molecular flexibility index (Phi) is 5.32. The zero-order valence-corrected chi connectivity index (χ0v) is 15.1. The molecule has 1 heterocycles. The van der Waals surface area contributed by atoms with Crippen molar-refractivity contribution in [2.45, 2.75) is 17.3 Å². The van der Waals surface area contributed by atoms with Crippen molar-refractivity contribution in [1.29, 1.82) is 0 Å². The molecule has 5 nitrogen and oxygen atoms in total. The van der Waals surface area contributed by atoms with Gasteiger partial charge in [-0.3, -0.25) is 4.79 Å². The molecule has 0 saturated heterocycles. The van der Waals surface area contributed by atoms with E-state index in [0.29, 0.717) is 5.75 Å². The van der Waals surface area contributed by atoms with Crippen molar-refractivity contribution in [3.05, 3.63) is 48.0 Å². The largest absolute Gasteiger partial charge is 0.363 e. The molecule has 0 unspecified atom stereocenters. The van der Waals surface area contributed by atoms with Crippen molar-refractivity contribution < 1.29 is 4.79 Å². The molecular weight excluding hydrogens is 340 g/mol. The summed E-state index contributed by atoms with van der Waals surface area (Å²) in [6, 6.07) is 14.3. The van der Waals surface area contributed by atoms with Crippen LogP contribution in [-0.4, -0.2) is 28.9 Å². The Morgan fingerprint density at radius 1 is 1.21 bits per heavy atom. The Hall–Kier alpha value is -2.12. The Labute approximate surface area is 148 Å². The van der Waals surface area contributed by atoms with Crippen LogP contribution < -0.4 is 10.6 Å². The summed E-state index contributed by atoms with van der Waals surface area (Å²) in [4.78, 5) is 12.2. The second-order valence-electron chi connectivity index (χ2n) is 5.27. The first-order chi connectivity index (χ1) is 11.7. The second kappa shape index (κ2) is 7.63. The molecule has 1 atom stereocenters. The van der Waals surface area contributed by atoms with Gasteiger partial charge in [0.15, 0.2) is 4.34 Å². The number of amides is 1. The number of aromatic nitrogens is 2. The topological polar surface area (TPSA) is 66.9 Å². The molecule has 0 fully saturated rings. The van der Waals surface area contributed by atoms with Gasteiger partial charge in [-0.05, 0) is 23.3 Å². The highest BCUT2D eigenvalue weighted by atomic mass is 32.2. The summed E-state index contributed by atoms with van der Waals surface area (Å²) in [6.45, 7) is 2.01. The SMILES string of the molecule is CNc1nnc(SCC(=O)N[C@H](C)c2cccc3ccccc23)s1. The standard InChI is InChI=1S/C17H18N4OS2/c1-11(13-9-5-7-12-6-3-4-8-14(12)13)19-15(22)10-23-17-21-20-16(18-2)24-17/h3-9,11H,10H2,1-2H3,(H,18,20)(H,19,22)/t11-/m1/s1. The first kappa shape index (κ1) is 16.7. The van der Waals surface area contributed by atoms with Crippen molar-refractivity contribution in [3.8, 4) is 0 Å². The molecule has 0 spiro atoms. The summed E-state index contributed by atoms with van der Waals surface area (Å²) in [5, 5.41) is 17.1. The molecule has 0 radical (unpaired) electrons. The number of anilines is 1. The fourth-order valence-electron chi connectivity index (χ4n) is 2.49. The summed E-state index contributed by atoms with van der Waals surface area (Å²) in [6.07, 6.45) is 0. The number of carbonyl (C=O) groups excluding carboxylic acids is 1. The maximum Gasteiger partial charge on any atom is 0.230 e. The molecule has 1 amide bonds. The van der Waals surface area contributed by atoms with E-state index in [0.717, 1.165) is 15.0 Å². The van der Waals surface area contributed by atoms with Gasteiger partial charge in [0.25, 0.3) is 0 Å². The van der Waals surface area contributed by atoms with Crippen LogP contribution in [0.4, 0.5) is 5.13 Å². The monoisotopic (exact) mass is 358 g/mol.